The van der Waals surface area contributed by atoms with E-state index in [1.165, 1.54) is 6.92 Å². The van der Waals surface area contributed by atoms with Crippen molar-refractivity contribution in [1.29, 1.82) is 0 Å². The van der Waals surface area contributed by atoms with Crippen LogP contribution in [0.1, 0.15) is 28.6 Å². The van der Waals surface area contributed by atoms with E-state index in [9.17, 15) is 9.59 Å². The van der Waals surface area contributed by atoms with Gasteiger partial charge in [0.15, 0.2) is 11.0 Å². The fraction of sp³-hybridized carbons (Fsp3) is 0.211. The number of ketones is 1. The van der Waals surface area contributed by atoms with Crippen LogP contribution in [0.5, 0.6) is 0 Å². The van der Waals surface area contributed by atoms with Gasteiger partial charge in [-0.25, -0.2) is 4.99 Å². The molecule has 1 aromatic carbocycles. The van der Waals surface area contributed by atoms with Crippen LogP contribution in [0.2, 0.25) is 0 Å². The van der Waals surface area contributed by atoms with Gasteiger partial charge < -0.3 is 0 Å². The third-order valence-electron chi connectivity index (χ3n) is 3.69. The Labute approximate surface area is 155 Å². The molecule has 1 aliphatic rings. The molecule has 0 atom stereocenters. The molecular formula is C19H18N2O2S2. The lowest BCUT2D eigenvalue weighted by Gasteiger charge is -2.26. The van der Waals surface area contributed by atoms with E-state index in [2.05, 4.69) is 4.99 Å². The highest BCUT2D eigenvalue weighted by Gasteiger charge is 2.22. The van der Waals surface area contributed by atoms with Gasteiger partial charge in [0.25, 0.3) is 5.91 Å². The SMILES string of the molecule is CC(=O)c1ccc(N=C2SCCCN2C(=O)C=Cc2cccs2)cc1. The molecule has 0 bridgehead atoms. The molecule has 0 N–H and O–H groups in total. The van der Waals surface area contributed by atoms with Crippen molar-refractivity contribution in [3.05, 3.63) is 58.3 Å². The molecule has 3 rings (SSSR count). The van der Waals surface area contributed by atoms with Crippen LogP contribution < -0.4 is 0 Å². The van der Waals surface area contributed by atoms with Crippen molar-refractivity contribution in [2.24, 2.45) is 4.99 Å². The number of carbonyl (C=O) groups is 2. The Morgan fingerprint density at radius 3 is 2.68 bits per heavy atom. The highest BCUT2D eigenvalue weighted by Crippen LogP contribution is 2.23. The number of hydrogen-bond acceptors (Lipinski definition) is 5. The zero-order valence-electron chi connectivity index (χ0n) is 13.8. The standard InChI is InChI=1S/C19H18N2O2S2/c1-14(22)15-5-7-16(8-6-15)20-19-21(11-3-13-25-19)18(23)10-9-17-4-2-12-24-17/h2,4-10,12H,3,11,13H2,1H3. The molecule has 4 nitrogen and oxygen atoms in total. The van der Waals surface area contributed by atoms with Crippen LogP contribution in [0.15, 0.2) is 52.8 Å². The molecule has 1 aromatic heterocycles. The molecule has 0 aliphatic carbocycles. The lowest BCUT2D eigenvalue weighted by Crippen LogP contribution is -2.38. The number of amides is 1. The van der Waals surface area contributed by atoms with Crippen molar-refractivity contribution < 1.29 is 9.59 Å². The van der Waals surface area contributed by atoms with Gasteiger partial charge >= 0.3 is 0 Å². The van der Waals surface area contributed by atoms with E-state index in [1.54, 1.807) is 46.2 Å². The van der Waals surface area contributed by atoms with Crippen LogP contribution in [0.3, 0.4) is 0 Å². The van der Waals surface area contributed by atoms with Gasteiger partial charge in [-0.2, -0.15) is 0 Å². The minimum absolute atomic E-state index is 0.0294. The van der Waals surface area contributed by atoms with Crippen molar-refractivity contribution in [2.75, 3.05) is 12.3 Å². The Bertz CT molecular complexity index is 808. The van der Waals surface area contributed by atoms with E-state index < -0.39 is 0 Å². The maximum atomic E-state index is 12.5. The predicted octanol–water partition coefficient (Wildman–Crippen LogP) is 4.62. The summed E-state index contributed by atoms with van der Waals surface area (Å²) in [5, 5.41) is 2.70. The molecule has 0 radical (unpaired) electrons. The van der Waals surface area contributed by atoms with E-state index in [4.69, 9.17) is 0 Å². The molecule has 6 heteroatoms. The monoisotopic (exact) mass is 370 g/mol. The third-order valence-corrected chi connectivity index (χ3v) is 5.59. The van der Waals surface area contributed by atoms with Crippen molar-refractivity contribution >= 4 is 51.7 Å². The summed E-state index contributed by atoms with van der Waals surface area (Å²) in [6, 6.07) is 11.1. The Kier molecular flexibility index (Phi) is 5.83. The molecule has 1 aliphatic heterocycles. The first-order valence-corrected chi connectivity index (χ1v) is 9.85. The smallest absolute Gasteiger partial charge is 0.252 e. The Morgan fingerprint density at radius 1 is 1.20 bits per heavy atom. The van der Waals surface area contributed by atoms with Crippen molar-refractivity contribution in [2.45, 2.75) is 13.3 Å². The van der Waals surface area contributed by atoms with Gasteiger partial charge in [0.2, 0.25) is 0 Å². The normalized spacial score (nSPS) is 16.5. The predicted molar refractivity (Wildman–Crippen MR) is 106 cm³/mol. The van der Waals surface area contributed by atoms with Crippen LogP contribution in [0, 0.1) is 0 Å². The van der Waals surface area contributed by atoms with Crippen molar-refractivity contribution in [3.63, 3.8) is 0 Å². The number of rotatable bonds is 4. The quantitative estimate of drug-likeness (QED) is 0.583. The highest BCUT2D eigenvalue weighted by molar-refractivity contribution is 8.13. The molecular weight excluding hydrogens is 352 g/mol. The number of thioether (sulfide) groups is 1. The van der Waals surface area contributed by atoms with Gasteiger partial charge in [0.05, 0.1) is 5.69 Å². The first-order valence-electron chi connectivity index (χ1n) is 7.99. The van der Waals surface area contributed by atoms with Crippen LogP contribution in [-0.4, -0.2) is 34.1 Å². The molecule has 2 heterocycles. The van der Waals surface area contributed by atoms with E-state index >= 15 is 0 Å². The van der Waals surface area contributed by atoms with E-state index in [1.807, 2.05) is 35.7 Å². The van der Waals surface area contributed by atoms with Gasteiger partial charge in [-0.1, -0.05) is 17.8 Å². The number of benzene rings is 1. The fourth-order valence-corrected chi connectivity index (χ4v) is 3.95. The Balaban J connectivity index is 1.77. The number of Topliss-reactive ketones (excluding diaryl/α,β-unsaturated/α-hetero) is 1. The molecule has 128 valence electrons. The van der Waals surface area contributed by atoms with E-state index in [-0.39, 0.29) is 11.7 Å². The number of carbonyl (C=O) groups excluding carboxylic acids is 2. The van der Waals surface area contributed by atoms with Crippen LogP contribution in [-0.2, 0) is 4.79 Å². The number of aliphatic imine (C=N–C) groups is 1. The number of nitrogens with zero attached hydrogens (tertiary/aromatic N) is 2. The Morgan fingerprint density at radius 2 is 2.00 bits per heavy atom. The average molecular weight is 370 g/mol. The van der Waals surface area contributed by atoms with Crippen molar-refractivity contribution in [3.8, 4) is 0 Å². The second kappa shape index (κ2) is 8.27. The second-order valence-electron chi connectivity index (χ2n) is 5.54. The summed E-state index contributed by atoms with van der Waals surface area (Å²) in [5.74, 6) is 0.921. The van der Waals surface area contributed by atoms with Gasteiger partial charge in [0, 0.05) is 28.8 Å². The summed E-state index contributed by atoms with van der Waals surface area (Å²) < 4.78 is 0. The van der Waals surface area contributed by atoms with Crippen molar-refractivity contribution in [1.82, 2.24) is 4.90 Å². The fourth-order valence-electron chi connectivity index (χ4n) is 2.37. The topological polar surface area (TPSA) is 49.7 Å². The van der Waals surface area contributed by atoms with Gasteiger partial charge in [0.1, 0.15) is 0 Å². The maximum absolute atomic E-state index is 12.5. The molecule has 0 saturated carbocycles. The minimum atomic E-state index is -0.0558. The lowest BCUT2D eigenvalue weighted by molar-refractivity contribution is -0.122. The summed E-state index contributed by atoms with van der Waals surface area (Å²) in [6.45, 7) is 2.21. The number of hydrogen-bond donors (Lipinski definition) is 0. The molecule has 25 heavy (non-hydrogen) atoms. The minimum Gasteiger partial charge on any atom is -0.295 e. The second-order valence-corrected chi connectivity index (χ2v) is 7.58. The zero-order chi connectivity index (χ0) is 17.6. The van der Waals surface area contributed by atoms with Crippen LogP contribution >= 0.6 is 23.1 Å². The summed E-state index contributed by atoms with van der Waals surface area (Å²) in [5.41, 5.74) is 1.40. The summed E-state index contributed by atoms with van der Waals surface area (Å²) in [4.78, 5) is 31.3. The molecule has 0 unspecified atom stereocenters. The van der Waals surface area contributed by atoms with E-state index in [0.29, 0.717) is 17.3 Å². The zero-order valence-corrected chi connectivity index (χ0v) is 15.5. The molecule has 0 spiro atoms. The number of thiophene rings is 1. The summed E-state index contributed by atoms with van der Waals surface area (Å²) in [6.07, 6.45) is 4.39. The van der Waals surface area contributed by atoms with E-state index in [0.717, 1.165) is 22.7 Å². The first-order chi connectivity index (χ1) is 12.1. The van der Waals surface area contributed by atoms with Crippen LogP contribution in [0.4, 0.5) is 5.69 Å². The Hall–Kier alpha value is -2.18. The molecule has 1 amide bonds. The third kappa shape index (κ3) is 4.67. The molecule has 1 fully saturated rings. The average Bonchev–Trinajstić information content (AvgIpc) is 3.14. The van der Waals surface area contributed by atoms with Gasteiger partial charge in [-0.05, 0) is 55.1 Å². The largest absolute Gasteiger partial charge is 0.295 e. The lowest BCUT2D eigenvalue weighted by atomic mass is 10.1. The first kappa shape index (κ1) is 17.6. The molecule has 2 aromatic rings. The molecule has 1 saturated heterocycles. The summed E-state index contributed by atoms with van der Waals surface area (Å²) in [7, 11) is 0. The van der Waals surface area contributed by atoms with Crippen LogP contribution in [0.25, 0.3) is 6.08 Å². The maximum Gasteiger partial charge on any atom is 0.252 e. The highest BCUT2D eigenvalue weighted by atomic mass is 32.2. The van der Waals surface area contributed by atoms with Gasteiger partial charge in [-0.3, -0.25) is 14.5 Å². The number of amidine groups is 1. The van der Waals surface area contributed by atoms with Gasteiger partial charge in [-0.15, -0.1) is 11.3 Å². The summed E-state index contributed by atoms with van der Waals surface area (Å²) >= 11 is 3.18.